The summed E-state index contributed by atoms with van der Waals surface area (Å²) < 4.78 is 25.1. The molecule has 11 nitrogen and oxygen atoms in total. The molecule has 12 heteroatoms. The summed E-state index contributed by atoms with van der Waals surface area (Å²) in [6.45, 7) is 1.52. The predicted octanol–water partition coefficient (Wildman–Crippen LogP) is 2.90. The summed E-state index contributed by atoms with van der Waals surface area (Å²) in [5.41, 5.74) is -0.666. The second-order valence-corrected chi connectivity index (χ2v) is 7.86. The third-order valence-corrected chi connectivity index (χ3v) is 5.45. The van der Waals surface area contributed by atoms with Crippen molar-refractivity contribution in [3.63, 3.8) is 0 Å². The normalized spacial score (nSPS) is 10.5. The lowest BCUT2D eigenvalue weighted by atomic mass is 10.2. The molecule has 30 heavy (non-hydrogen) atoms. The molecule has 2 aromatic rings. The molecule has 2 N–H and O–H groups in total. The first kappa shape index (κ1) is 22.4. The molecule has 0 radical (unpaired) electrons. The molecule has 0 aliphatic rings. The van der Waals surface area contributed by atoms with E-state index in [9.17, 15) is 29.4 Å². The number of ether oxygens (including phenoxy) is 2. The minimum Gasteiger partial charge on any atom is -0.478 e. The van der Waals surface area contributed by atoms with Crippen molar-refractivity contribution in [3.05, 3.63) is 47.5 Å². The van der Waals surface area contributed by atoms with Crippen molar-refractivity contribution < 1.29 is 47.9 Å². The van der Waals surface area contributed by atoms with Crippen molar-refractivity contribution in [3.8, 4) is 23.0 Å². The Hall–Kier alpha value is -3.85. The molecular weight excluding hydrogens is 421 g/mol. The van der Waals surface area contributed by atoms with E-state index in [1.54, 1.807) is 0 Å². The van der Waals surface area contributed by atoms with E-state index in [-0.39, 0.29) is 47.1 Å². The van der Waals surface area contributed by atoms with Gasteiger partial charge in [0.25, 0.3) is 12.9 Å². The highest BCUT2D eigenvalue weighted by Crippen LogP contribution is 2.52. The van der Waals surface area contributed by atoms with Gasteiger partial charge in [-0.05, 0) is 24.3 Å². The molecule has 0 aliphatic heterocycles. The summed E-state index contributed by atoms with van der Waals surface area (Å²) in [7, 11) is -1.89. The van der Waals surface area contributed by atoms with Gasteiger partial charge in [0.2, 0.25) is 0 Å². The van der Waals surface area contributed by atoms with Gasteiger partial charge in [0, 0.05) is 13.7 Å². The maximum absolute atomic E-state index is 11.4. The highest BCUT2D eigenvalue weighted by molar-refractivity contribution is 7.56. The lowest BCUT2D eigenvalue weighted by Crippen LogP contribution is -2.08. The smallest absolute Gasteiger partial charge is 0.339 e. The Balaban J connectivity index is 2.51. The van der Waals surface area contributed by atoms with Gasteiger partial charge >= 0.3 is 19.4 Å². The fourth-order valence-corrected chi connectivity index (χ4v) is 3.53. The fraction of sp³-hybridized carbons (Fsp3) is 0.111. The van der Waals surface area contributed by atoms with Gasteiger partial charge in [-0.1, -0.05) is 12.1 Å². The SMILES string of the molecule is CN=P(C)(Oc1cccc(C(=O)O)c1OC=O)Oc1cccc(C(=O)O)c1OC=O. The maximum Gasteiger partial charge on any atom is 0.339 e. The van der Waals surface area contributed by atoms with Gasteiger partial charge in [0.05, 0.1) is 0 Å². The standard InChI is InChI=1S/C18H16NO10P/c1-19-30(2,28-13-7-3-5-11(17(22)23)15(13)26-9-20)29-14-8-4-6-12(18(24)25)16(14)27-10-21/h3-10H,1-2H3,(H,22,23)(H,24,25). The van der Waals surface area contributed by atoms with Gasteiger partial charge in [0.1, 0.15) is 11.1 Å². The van der Waals surface area contributed by atoms with Crippen LogP contribution in [-0.2, 0) is 9.59 Å². The van der Waals surface area contributed by atoms with Crippen LogP contribution in [0.5, 0.6) is 23.0 Å². The third kappa shape index (κ3) is 4.95. The van der Waals surface area contributed by atoms with E-state index in [0.717, 1.165) is 0 Å². The highest BCUT2D eigenvalue weighted by Gasteiger charge is 2.26. The fourth-order valence-electron chi connectivity index (χ4n) is 2.32. The van der Waals surface area contributed by atoms with Crippen LogP contribution in [0.25, 0.3) is 0 Å². The number of aromatic carboxylic acids is 2. The van der Waals surface area contributed by atoms with Crippen molar-refractivity contribution in [1.29, 1.82) is 0 Å². The maximum atomic E-state index is 11.4. The number of carboxylic acids is 2. The molecular formula is C18H16NO10P. The largest absolute Gasteiger partial charge is 0.478 e. The Morgan fingerprint density at radius 1 is 0.867 bits per heavy atom. The molecule has 0 aliphatic carbocycles. The molecule has 0 fully saturated rings. The van der Waals surface area contributed by atoms with E-state index in [2.05, 4.69) is 4.74 Å². The summed E-state index contributed by atoms with van der Waals surface area (Å²) in [5.74, 6) is -3.72. The van der Waals surface area contributed by atoms with Crippen LogP contribution in [0.15, 0.2) is 41.1 Å². The lowest BCUT2D eigenvalue weighted by molar-refractivity contribution is -0.121. The van der Waals surface area contributed by atoms with E-state index in [1.807, 2.05) is 0 Å². The van der Waals surface area contributed by atoms with Gasteiger partial charge in [-0.3, -0.25) is 9.59 Å². The minimum absolute atomic E-state index is 0.0424. The monoisotopic (exact) mass is 437 g/mol. The zero-order valence-electron chi connectivity index (χ0n) is 15.7. The summed E-state index contributed by atoms with van der Waals surface area (Å²) in [5, 5.41) is 18.6. The van der Waals surface area contributed by atoms with Crippen molar-refractivity contribution in [2.24, 2.45) is 4.74 Å². The summed E-state index contributed by atoms with van der Waals surface area (Å²) >= 11 is 0. The van der Waals surface area contributed by atoms with Crippen molar-refractivity contribution in [1.82, 2.24) is 0 Å². The molecule has 0 spiro atoms. The first-order chi connectivity index (χ1) is 14.3. The summed E-state index contributed by atoms with van der Waals surface area (Å²) in [6, 6.07) is 7.83. The Morgan fingerprint density at radius 3 is 1.57 bits per heavy atom. The molecule has 0 amide bonds. The Labute approximate surface area is 170 Å². The number of carboxylic acid groups (broad SMARTS) is 2. The number of hydrogen-bond donors (Lipinski definition) is 2. The first-order valence-electron chi connectivity index (χ1n) is 8.06. The summed E-state index contributed by atoms with van der Waals surface area (Å²) in [6.07, 6.45) is 0. The lowest BCUT2D eigenvalue weighted by Gasteiger charge is -2.23. The molecule has 0 saturated heterocycles. The molecule has 0 atom stereocenters. The average Bonchev–Trinajstić information content (AvgIpc) is 2.70. The van der Waals surface area contributed by atoms with Crippen molar-refractivity contribution in [2.45, 2.75) is 0 Å². The van der Waals surface area contributed by atoms with Crippen LogP contribution in [-0.4, -0.2) is 48.8 Å². The molecule has 0 unspecified atom stereocenters. The van der Waals surface area contributed by atoms with Gasteiger partial charge in [-0.15, -0.1) is 0 Å². The van der Waals surface area contributed by atoms with Gasteiger partial charge < -0.3 is 28.7 Å². The number of carbonyl (C=O) groups excluding carboxylic acids is 2. The van der Waals surface area contributed by atoms with Crippen LogP contribution < -0.4 is 18.5 Å². The number of para-hydroxylation sites is 2. The van der Waals surface area contributed by atoms with Crippen LogP contribution in [0.4, 0.5) is 0 Å². The van der Waals surface area contributed by atoms with Crippen LogP contribution in [0.2, 0.25) is 0 Å². The molecule has 2 aromatic carbocycles. The van der Waals surface area contributed by atoms with Crippen LogP contribution in [0.1, 0.15) is 20.7 Å². The van der Waals surface area contributed by atoms with Crippen molar-refractivity contribution in [2.75, 3.05) is 13.7 Å². The van der Waals surface area contributed by atoms with E-state index >= 15 is 0 Å². The number of rotatable bonds is 10. The van der Waals surface area contributed by atoms with Crippen LogP contribution >= 0.6 is 7.51 Å². The Morgan fingerprint density at radius 2 is 1.27 bits per heavy atom. The Kier molecular flexibility index (Phi) is 7.16. The molecule has 0 bridgehead atoms. The second-order valence-electron chi connectivity index (χ2n) is 5.49. The number of benzene rings is 2. The number of nitrogens with zero attached hydrogens (tertiary/aromatic N) is 1. The second kappa shape index (κ2) is 9.57. The Bertz CT molecular complexity index is 972. The summed E-state index contributed by atoms with van der Waals surface area (Å²) in [4.78, 5) is 44.4. The molecule has 0 aromatic heterocycles. The van der Waals surface area contributed by atoms with E-state index in [1.165, 1.54) is 50.1 Å². The highest BCUT2D eigenvalue weighted by atomic mass is 31.2. The van der Waals surface area contributed by atoms with E-state index in [4.69, 9.17) is 18.5 Å². The zero-order chi connectivity index (χ0) is 22.3. The molecule has 158 valence electrons. The average molecular weight is 437 g/mol. The zero-order valence-corrected chi connectivity index (χ0v) is 16.6. The third-order valence-electron chi connectivity index (χ3n) is 3.65. The topological polar surface area (TPSA) is 158 Å². The van der Waals surface area contributed by atoms with E-state index < -0.39 is 19.4 Å². The number of hydrogen-bond acceptors (Lipinski definition) is 9. The van der Waals surface area contributed by atoms with Crippen LogP contribution in [0.3, 0.4) is 0 Å². The van der Waals surface area contributed by atoms with Crippen LogP contribution in [0, 0.1) is 0 Å². The van der Waals surface area contributed by atoms with Crippen molar-refractivity contribution >= 4 is 32.4 Å². The number of carbonyl (C=O) groups is 4. The van der Waals surface area contributed by atoms with Gasteiger partial charge in [-0.25, -0.2) is 14.3 Å². The van der Waals surface area contributed by atoms with E-state index in [0.29, 0.717) is 0 Å². The van der Waals surface area contributed by atoms with Gasteiger partial charge in [0.15, 0.2) is 23.0 Å². The molecule has 0 heterocycles. The minimum atomic E-state index is -3.25. The van der Waals surface area contributed by atoms with Gasteiger partial charge in [-0.2, -0.15) is 0 Å². The molecule has 2 rings (SSSR count). The molecule has 0 saturated carbocycles. The quantitative estimate of drug-likeness (QED) is 0.418. The first-order valence-corrected chi connectivity index (χ1v) is 10.1. The predicted molar refractivity (Wildman–Crippen MR) is 103 cm³/mol.